The van der Waals surface area contributed by atoms with E-state index in [4.69, 9.17) is 4.74 Å². The fourth-order valence-electron chi connectivity index (χ4n) is 3.33. The van der Waals surface area contributed by atoms with E-state index in [2.05, 4.69) is 0 Å². The van der Waals surface area contributed by atoms with E-state index in [1.54, 1.807) is 60.8 Å². The standard InChI is InChI=1S/C24H18FNO3/c1-29-19-11-12-22-20(13-19)24(28)21(23(27)17-5-3-2-4-6-17)15-26(22)14-16-7-9-18(25)10-8-16/h2-13,15H,14H2,1H3. The van der Waals surface area contributed by atoms with Crippen LogP contribution in [0, 0.1) is 5.82 Å². The molecule has 0 spiro atoms. The molecule has 0 radical (unpaired) electrons. The van der Waals surface area contributed by atoms with Crippen LogP contribution in [0.5, 0.6) is 5.75 Å². The number of fused-ring (bicyclic) bond motifs is 1. The number of ketones is 1. The predicted octanol–water partition coefficient (Wildman–Crippen LogP) is 4.43. The van der Waals surface area contributed by atoms with Crippen molar-refractivity contribution in [2.45, 2.75) is 6.54 Å². The molecule has 0 aliphatic rings. The second kappa shape index (κ2) is 7.72. The molecule has 0 aliphatic heterocycles. The third-order valence-electron chi connectivity index (χ3n) is 4.83. The largest absolute Gasteiger partial charge is 0.497 e. The van der Waals surface area contributed by atoms with E-state index in [1.807, 2.05) is 10.6 Å². The molecule has 29 heavy (non-hydrogen) atoms. The number of carbonyl (C=O) groups is 1. The maximum absolute atomic E-state index is 13.3. The summed E-state index contributed by atoms with van der Waals surface area (Å²) in [5, 5.41) is 0.397. The predicted molar refractivity (Wildman–Crippen MR) is 110 cm³/mol. The van der Waals surface area contributed by atoms with Crippen LogP contribution in [0.1, 0.15) is 21.5 Å². The Morgan fingerprint density at radius 3 is 2.41 bits per heavy atom. The molecule has 0 bridgehead atoms. The maximum atomic E-state index is 13.3. The van der Waals surface area contributed by atoms with Crippen molar-refractivity contribution in [3.05, 3.63) is 112 Å². The van der Waals surface area contributed by atoms with E-state index in [-0.39, 0.29) is 22.6 Å². The third kappa shape index (κ3) is 3.67. The molecule has 1 aromatic heterocycles. The summed E-state index contributed by atoms with van der Waals surface area (Å²) >= 11 is 0. The number of benzene rings is 3. The van der Waals surface area contributed by atoms with Gasteiger partial charge in [0.2, 0.25) is 5.43 Å². The zero-order valence-corrected chi connectivity index (χ0v) is 15.8. The van der Waals surface area contributed by atoms with E-state index in [0.29, 0.717) is 28.8 Å². The molecule has 0 saturated heterocycles. The smallest absolute Gasteiger partial charge is 0.200 e. The summed E-state index contributed by atoms with van der Waals surface area (Å²) in [6.07, 6.45) is 1.58. The van der Waals surface area contributed by atoms with Gasteiger partial charge >= 0.3 is 0 Å². The van der Waals surface area contributed by atoms with E-state index >= 15 is 0 Å². The van der Waals surface area contributed by atoms with Crippen LogP contribution in [-0.2, 0) is 6.54 Å². The molecule has 3 aromatic carbocycles. The molecule has 0 saturated carbocycles. The van der Waals surface area contributed by atoms with Gasteiger partial charge in [0, 0.05) is 18.3 Å². The van der Waals surface area contributed by atoms with Gasteiger partial charge in [-0.15, -0.1) is 0 Å². The highest BCUT2D eigenvalue weighted by atomic mass is 19.1. The van der Waals surface area contributed by atoms with Gasteiger partial charge in [0.1, 0.15) is 11.6 Å². The van der Waals surface area contributed by atoms with Gasteiger partial charge in [-0.2, -0.15) is 0 Å². The summed E-state index contributed by atoms with van der Waals surface area (Å²) in [5.74, 6) is -0.122. The number of aromatic nitrogens is 1. The van der Waals surface area contributed by atoms with Gasteiger partial charge in [-0.3, -0.25) is 9.59 Å². The number of ether oxygens (including phenoxy) is 1. The van der Waals surface area contributed by atoms with Crippen LogP contribution >= 0.6 is 0 Å². The number of nitrogens with zero attached hydrogens (tertiary/aromatic N) is 1. The van der Waals surface area contributed by atoms with E-state index in [9.17, 15) is 14.0 Å². The van der Waals surface area contributed by atoms with Crippen molar-refractivity contribution in [3.8, 4) is 5.75 Å². The number of pyridine rings is 1. The van der Waals surface area contributed by atoms with Crippen LogP contribution in [0.15, 0.2) is 83.8 Å². The molecule has 144 valence electrons. The molecule has 4 rings (SSSR count). The topological polar surface area (TPSA) is 48.3 Å². The van der Waals surface area contributed by atoms with Crippen molar-refractivity contribution in [1.29, 1.82) is 0 Å². The van der Waals surface area contributed by atoms with Crippen molar-refractivity contribution in [1.82, 2.24) is 4.57 Å². The molecule has 5 heteroatoms. The Hall–Kier alpha value is -3.73. The summed E-state index contributed by atoms with van der Waals surface area (Å²) in [6.45, 7) is 0.387. The monoisotopic (exact) mass is 387 g/mol. The first-order valence-corrected chi connectivity index (χ1v) is 9.12. The average Bonchev–Trinajstić information content (AvgIpc) is 2.77. The lowest BCUT2D eigenvalue weighted by Gasteiger charge is -2.14. The number of carbonyl (C=O) groups excluding carboxylic acids is 1. The molecule has 0 aliphatic carbocycles. The molecule has 0 unspecified atom stereocenters. The number of hydrogen-bond donors (Lipinski definition) is 0. The summed E-state index contributed by atoms with van der Waals surface area (Å²) in [5.41, 5.74) is 1.71. The van der Waals surface area contributed by atoms with Crippen molar-refractivity contribution < 1.29 is 13.9 Å². The molecule has 0 N–H and O–H groups in total. The third-order valence-corrected chi connectivity index (χ3v) is 4.83. The molecular weight excluding hydrogens is 369 g/mol. The summed E-state index contributed by atoms with van der Waals surface area (Å²) < 4.78 is 20.4. The van der Waals surface area contributed by atoms with Crippen LogP contribution < -0.4 is 10.2 Å². The molecule has 0 fully saturated rings. The minimum Gasteiger partial charge on any atom is -0.497 e. The lowest BCUT2D eigenvalue weighted by molar-refractivity contribution is 0.103. The van der Waals surface area contributed by atoms with Crippen molar-refractivity contribution in [3.63, 3.8) is 0 Å². The second-order valence-corrected chi connectivity index (χ2v) is 6.70. The van der Waals surface area contributed by atoms with Gasteiger partial charge in [0.15, 0.2) is 5.78 Å². The minimum atomic E-state index is -0.344. The first-order chi connectivity index (χ1) is 14.1. The fraction of sp³-hybridized carbons (Fsp3) is 0.0833. The second-order valence-electron chi connectivity index (χ2n) is 6.70. The summed E-state index contributed by atoms with van der Waals surface area (Å²) in [6, 6.07) is 20.0. The molecule has 0 atom stereocenters. The molecule has 4 nitrogen and oxygen atoms in total. The Morgan fingerprint density at radius 2 is 1.72 bits per heavy atom. The van der Waals surface area contributed by atoms with Crippen molar-refractivity contribution >= 4 is 16.7 Å². The Balaban J connectivity index is 1.91. The van der Waals surface area contributed by atoms with Crippen molar-refractivity contribution in [2.75, 3.05) is 7.11 Å². The SMILES string of the molecule is COc1ccc2c(c1)c(=O)c(C(=O)c1ccccc1)cn2Cc1ccc(F)cc1. The highest BCUT2D eigenvalue weighted by Crippen LogP contribution is 2.21. The Labute approximate surface area is 166 Å². The average molecular weight is 387 g/mol. The van der Waals surface area contributed by atoms with Gasteiger partial charge in [0.25, 0.3) is 0 Å². The van der Waals surface area contributed by atoms with Crippen LogP contribution in [0.3, 0.4) is 0 Å². The Bertz CT molecular complexity index is 1250. The number of halogens is 1. The maximum Gasteiger partial charge on any atom is 0.200 e. The Kier molecular flexibility index (Phi) is 4.96. The van der Waals surface area contributed by atoms with Crippen LogP contribution in [-0.4, -0.2) is 17.5 Å². The molecular formula is C24H18FNO3. The lowest BCUT2D eigenvalue weighted by atomic mass is 10.0. The highest BCUT2D eigenvalue weighted by molar-refractivity contribution is 6.10. The lowest BCUT2D eigenvalue weighted by Crippen LogP contribution is -2.20. The number of rotatable bonds is 5. The van der Waals surface area contributed by atoms with Gasteiger partial charge < -0.3 is 9.30 Å². The normalized spacial score (nSPS) is 10.8. The van der Waals surface area contributed by atoms with Crippen LogP contribution in [0.2, 0.25) is 0 Å². The van der Waals surface area contributed by atoms with Gasteiger partial charge in [-0.25, -0.2) is 4.39 Å². The first kappa shape index (κ1) is 18.6. The van der Waals surface area contributed by atoms with E-state index < -0.39 is 0 Å². The van der Waals surface area contributed by atoms with Gasteiger partial charge in [-0.05, 0) is 35.9 Å². The number of methoxy groups -OCH3 is 1. The first-order valence-electron chi connectivity index (χ1n) is 9.12. The fourth-order valence-corrected chi connectivity index (χ4v) is 3.33. The minimum absolute atomic E-state index is 0.0825. The van der Waals surface area contributed by atoms with E-state index in [1.165, 1.54) is 19.2 Å². The summed E-state index contributed by atoms with van der Waals surface area (Å²) in [4.78, 5) is 26.1. The van der Waals surface area contributed by atoms with Gasteiger partial charge in [0.05, 0.1) is 23.6 Å². The quantitative estimate of drug-likeness (QED) is 0.476. The van der Waals surface area contributed by atoms with Crippen LogP contribution in [0.25, 0.3) is 10.9 Å². The molecule has 1 heterocycles. The molecule has 4 aromatic rings. The zero-order valence-electron chi connectivity index (χ0n) is 15.8. The van der Waals surface area contributed by atoms with Gasteiger partial charge in [-0.1, -0.05) is 42.5 Å². The zero-order chi connectivity index (χ0) is 20.4. The summed E-state index contributed by atoms with van der Waals surface area (Å²) in [7, 11) is 1.52. The van der Waals surface area contributed by atoms with E-state index in [0.717, 1.165) is 5.56 Å². The Morgan fingerprint density at radius 1 is 1.00 bits per heavy atom. The highest BCUT2D eigenvalue weighted by Gasteiger charge is 2.17. The molecule has 0 amide bonds. The number of hydrogen-bond acceptors (Lipinski definition) is 3. The van der Waals surface area contributed by atoms with Crippen molar-refractivity contribution in [2.24, 2.45) is 0 Å². The van der Waals surface area contributed by atoms with Crippen LogP contribution in [0.4, 0.5) is 4.39 Å².